The van der Waals surface area contributed by atoms with Crippen molar-refractivity contribution in [2.45, 2.75) is 44.6 Å². The molecule has 102 valence electrons. The van der Waals surface area contributed by atoms with Gasteiger partial charge in [-0.2, -0.15) is 0 Å². The van der Waals surface area contributed by atoms with Crippen molar-refractivity contribution in [2.24, 2.45) is 5.92 Å². The molecule has 1 aromatic rings. The van der Waals surface area contributed by atoms with Gasteiger partial charge >= 0.3 is 0 Å². The van der Waals surface area contributed by atoms with E-state index >= 15 is 0 Å². The molecule has 0 radical (unpaired) electrons. The maximum Gasteiger partial charge on any atom is 0.153 e. The Morgan fingerprint density at radius 1 is 1.16 bits per heavy atom. The zero-order valence-corrected chi connectivity index (χ0v) is 11.9. The Hall–Kier alpha value is -1.02. The predicted molar refractivity (Wildman–Crippen MR) is 79.2 cm³/mol. The van der Waals surface area contributed by atoms with Crippen LogP contribution < -0.4 is 4.90 Å². The molecule has 0 aromatic heterocycles. The summed E-state index contributed by atoms with van der Waals surface area (Å²) in [6.07, 6.45) is 8.77. The molecule has 3 heteroatoms. The van der Waals surface area contributed by atoms with Crippen molar-refractivity contribution in [2.75, 3.05) is 11.4 Å². The number of carbonyl (C=O) groups is 1. The third-order valence-corrected chi connectivity index (χ3v) is 5.03. The lowest BCUT2D eigenvalue weighted by molar-refractivity contribution is 0.112. The van der Waals surface area contributed by atoms with Crippen molar-refractivity contribution in [1.29, 1.82) is 0 Å². The molecule has 0 bridgehead atoms. The summed E-state index contributed by atoms with van der Waals surface area (Å²) >= 11 is 6.17. The van der Waals surface area contributed by atoms with Crippen molar-refractivity contribution in [3.63, 3.8) is 0 Å². The molecule has 2 fully saturated rings. The molecule has 1 aliphatic heterocycles. The lowest BCUT2D eigenvalue weighted by Crippen LogP contribution is -2.47. The number of piperidine rings is 1. The zero-order chi connectivity index (χ0) is 13.2. The van der Waals surface area contributed by atoms with E-state index in [0.29, 0.717) is 16.6 Å². The van der Waals surface area contributed by atoms with Gasteiger partial charge in [-0.15, -0.1) is 0 Å². The van der Waals surface area contributed by atoms with E-state index in [1.807, 2.05) is 12.1 Å². The van der Waals surface area contributed by atoms with Gasteiger partial charge in [-0.05, 0) is 43.7 Å². The molecule has 2 atom stereocenters. The number of fused-ring (bicyclic) bond motifs is 1. The van der Waals surface area contributed by atoms with Crippen molar-refractivity contribution in [3.05, 3.63) is 28.8 Å². The van der Waals surface area contributed by atoms with Gasteiger partial charge in [0.25, 0.3) is 0 Å². The van der Waals surface area contributed by atoms with E-state index in [-0.39, 0.29) is 0 Å². The average molecular weight is 278 g/mol. The summed E-state index contributed by atoms with van der Waals surface area (Å²) in [5.74, 6) is 0.806. The van der Waals surface area contributed by atoms with Crippen LogP contribution in [0.3, 0.4) is 0 Å². The Kier molecular flexibility index (Phi) is 3.79. The largest absolute Gasteiger partial charge is 0.368 e. The van der Waals surface area contributed by atoms with Gasteiger partial charge in [-0.1, -0.05) is 30.5 Å². The minimum atomic E-state index is 0.574. The van der Waals surface area contributed by atoms with Crippen LogP contribution in [0.15, 0.2) is 18.2 Å². The maximum atomic E-state index is 11.3. The first-order valence-electron chi connectivity index (χ1n) is 7.31. The number of nitrogens with zero attached hydrogens (tertiary/aromatic N) is 1. The second-order valence-electron chi connectivity index (χ2n) is 5.74. The summed E-state index contributed by atoms with van der Waals surface area (Å²) in [4.78, 5) is 13.8. The highest BCUT2D eigenvalue weighted by atomic mass is 35.5. The highest BCUT2D eigenvalue weighted by Crippen LogP contribution is 2.39. The van der Waals surface area contributed by atoms with Crippen LogP contribution in [0.25, 0.3) is 0 Å². The molecular formula is C16H20ClNO. The Balaban J connectivity index is 1.96. The van der Waals surface area contributed by atoms with Crippen molar-refractivity contribution in [3.8, 4) is 0 Å². The zero-order valence-electron chi connectivity index (χ0n) is 11.1. The standard InChI is InChI=1S/C16H20ClNO/c17-14-7-3-9-16(13(14)11-19)18-10-4-6-12-5-1-2-8-15(12)18/h3,7,9,11-12,15H,1-2,4-6,8,10H2. The molecule has 0 amide bonds. The quantitative estimate of drug-likeness (QED) is 0.751. The second kappa shape index (κ2) is 5.54. The number of hydrogen-bond acceptors (Lipinski definition) is 2. The number of halogens is 1. The van der Waals surface area contributed by atoms with Crippen LogP contribution >= 0.6 is 11.6 Å². The second-order valence-corrected chi connectivity index (χ2v) is 6.15. The number of carbonyl (C=O) groups excluding carboxylic acids is 1. The van der Waals surface area contributed by atoms with Gasteiger partial charge in [0.05, 0.1) is 10.6 Å². The van der Waals surface area contributed by atoms with E-state index in [4.69, 9.17) is 11.6 Å². The van der Waals surface area contributed by atoms with Gasteiger partial charge < -0.3 is 4.90 Å². The van der Waals surface area contributed by atoms with Crippen LogP contribution in [0.2, 0.25) is 5.02 Å². The maximum absolute atomic E-state index is 11.3. The Morgan fingerprint density at radius 3 is 2.79 bits per heavy atom. The molecule has 0 spiro atoms. The highest BCUT2D eigenvalue weighted by molar-refractivity contribution is 6.33. The van der Waals surface area contributed by atoms with Crippen LogP contribution in [0, 0.1) is 5.92 Å². The summed E-state index contributed by atoms with van der Waals surface area (Å²) in [6, 6.07) is 6.42. The van der Waals surface area contributed by atoms with E-state index in [1.165, 1.54) is 38.5 Å². The lowest BCUT2D eigenvalue weighted by atomic mass is 9.78. The molecule has 1 aromatic carbocycles. The molecule has 2 nitrogen and oxygen atoms in total. The summed E-state index contributed by atoms with van der Waals surface area (Å²) in [6.45, 7) is 1.06. The SMILES string of the molecule is O=Cc1c(Cl)cccc1N1CCCC2CCCCC21. The highest BCUT2D eigenvalue weighted by Gasteiger charge is 2.34. The number of benzene rings is 1. The fourth-order valence-electron chi connectivity index (χ4n) is 3.82. The van der Waals surface area contributed by atoms with Crippen LogP contribution in [-0.4, -0.2) is 18.9 Å². The van der Waals surface area contributed by atoms with Crippen LogP contribution in [0.5, 0.6) is 0 Å². The molecule has 1 saturated heterocycles. The van der Waals surface area contributed by atoms with Crippen LogP contribution in [-0.2, 0) is 0 Å². The first-order valence-corrected chi connectivity index (χ1v) is 7.69. The topological polar surface area (TPSA) is 20.3 Å². The normalized spacial score (nSPS) is 26.9. The predicted octanol–water partition coefficient (Wildman–Crippen LogP) is 4.31. The molecule has 1 heterocycles. The fraction of sp³-hybridized carbons (Fsp3) is 0.562. The van der Waals surface area contributed by atoms with Crippen molar-refractivity contribution >= 4 is 23.6 Å². The molecule has 2 aliphatic rings. The molecule has 2 unspecified atom stereocenters. The van der Waals surface area contributed by atoms with Gasteiger partial charge in [-0.3, -0.25) is 4.79 Å². The number of rotatable bonds is 2. The summed E-state index contributed by atoms with van der Waals surface area (Å²) in [5.41, 5.74) is 1.70. The van der Waals surface area contributed by atoms with Gasteiger partial charge in [0, 0.05) is 18.3 Å². The average Bonchev–Trinajstić information content (AvgIpc) is 2.46. The molecule has 1 saturated carbocycles. The first-order chi connectivity index (χ1) is 9.31. The lowest BCUT2D eigenvalue weighted by Gasteiger charge is -2.46. The van der Waals surface area contributed by atoms with E-state index in [0.717, 1.165) is 24.4 Å². The third-order valence-electron chi connectivity index (χ3n) is 4.70. The molecular weight excluding hydrogens is 258 g/mol. The fourth-order valence-corrected chi connectivity index (χ4v) is 4.03. The molecule has 1 aliphatic carbocycles. The van der Waals surface area contributed by atoms with Crippen LogP contribution in [0.4, 0.5) is 5.69 Å². The van der Waals surface area contributed by atoms with Crippen molar-refractivity contribution in [1.82, 2.24) is 0 Å². The van der Waals surface area contributed by atoms with Crippen molar-refractivity contribution < 1.29 is 4.79 Å². The van der Waals surface area contributed by atoms with E-state index < -0.39 is 0 Å². The molecule has 0 N–H and O–H groups in total. The smallest absolute Gasteiger partial charge is 0.153 e. The van der Waals surface area contributed by atoms with Crippen LogP contribution in [0.1, 0.15) is 48.9 Å². The Bertz CT molecular complexity index is 472. The molecule has 19 heavy (non-hydrogen) atoms. The minimum absolute atomic E-state index is 0.574. The summed E-state index contributed by atoms with van der Waals surface area (Å²) in [7, 11) is 0. The number of hydrogen-bond donors (Lipinski definition) is 0. The van der Waals surface area contributed by atoms with E-state index in [2.05, 4.69) is 4.90 Å². The molecule has 3 rings (SSSR count). The van der Waals surface area contributed by atoms with Gasteiger partial charge in [0.1, 0.15) is 0 Å². The number of aldehydes is 1. The van der Waals surface area contributed by atoms with E-state index in [1.54, 1.807) is 6.07 Å². The van der Waals surface area contributed by atoms with Gasteiger partial charge in [-0.25, -0.2) is 0 Å². The Morgan fingerprint density at radius 2 is 1.95 bits per heavy atom. The third kappa shape index (κ3) is 2.38. The van der Waals surface area contributed by atoms with Gasteiger partial charge in [0.15, 0.2) is 6.29 Å². The van der Waals surface area contributed by atoms with Gasteiger partial charge in [0.2, 0.25) is 0 Å². The van der Waals surface area contributed by atoms with E-state index in [9.17, 15) is 4.79 Å². The summed E-state index contributed by atoms with van der Waals surface area (Å²) in [5, 5.41) is 0.574. The first kappa shape index (κ1) is 13.0. The Labute approximate surface area is 119 Å². The summed E-state index contributed by atoms with van der Waals surface area (Å²) < 4.78 is 0. The minimum Gasteiger partial charge on any atom is -0.368 e. The monoisotopic (exact) mass is 277 g/mol. The number of anilines is 1.